The van der Waals surface area contributed by atoms with E-state index in [2.05, 4.69) is 26.0 Å². The highest BCUT2D eigenvalue weighted by molar-refractivity contribution is 9.10. The molecule has 0 bridgehead atoms. The van der Waals surface area contributed by atoms with E-state index in [1.165, 1.54) is 37.5 Å². The van der Waals surface area contributed by atoms with E-state index in [0.717, 1.165) is 4.90 Å². The molecule has 29 heavy (non-hydrogen) atoms. The fraction of sp³-hybridized carbons (Fsp3) is 0.150. The minimum absolute atomic E-state index is 0.0340. The molecule has 9 heteroatoms. The van der Waals surface area contributed by atoms with Gasteiger partial charge in [0.25, 0.3) is 5.91 Å². The summed E-state index contributed by atoms with van der Waals surface area (Å²) in [6.07, 6.45) is 1.53. The number of carbonyl (C=O) groups excluding carboxylic acids is 3. The number of methoxy groups -OCH3 is 1. The normalized spacial score (nSPS) is 14.9. The molecule has 0 atom stereocenters. The number of carbonyl (C=O) groups is 3. The Balaban J connectivity index is 1.72. The van der Waals surface area contributed by atoms with Crippen LogP contribution in [0, 0.1) is 5.82 Å². The highest BCUT2D eigenvalue weighted by atomic mass is 79.9. The second kappa shape index (κ2) is 8.87. The Morgan fingerprint density at radius 3 is 2.59 bits per heavy atom. The third-order valence-electron chi connectivity index (χ3n) is 4.06. The first-order valence-electron chi connectivity index (χ1n) is 8.45. The maximum Gasteiger partial charge on any atom is 0.343 e. The number of nitrogens with one attached hydrogen (secondary N) is 1. The molecule has 2 aromatic carbocycles. The minimum Gasteiger partial charge on any atom is -0.481 e. The molecule has 1 heterocycles. The van der Waals surface area contributed by atoms with Crippen molar-refractivity contribution < 1.29 is 28.2 Å². The van der Waals surface area contributed by atoms with Gasteiger partial charge in [0.05, 0.1) is 18.1 Å². The van der Waals surface area contributed by atoms with Gasteiger partial charge in [0.15, 0.2) is 6.61 Å². The average Bonchev–Trinajstić information content (AvgIpc) is 2.96. The van der Waals surface area contributed by atoms with Crippen LogP contribution in [-0.2, 0) is 20.9 Å². The quantitative estimate of drug-likeness (QED) is 0.404. The molecular formula is C20H16BrFN2O5. The summed E-state index contributed by atoms with van der Waals surface area (Å²) in [4.78, 5) is 36.9. The van der Waals surface area contributed by atoms with Gasteiger partial charge >= 0.3 is 12.0 Å². The first-order chi connectivity index (χ1) is 13.9. The van der Waals surface area contributed by atoms with E-state index in [4.69, 9.17) is 4.74 Å². The molecule has 0 aromatic heterocycles. The highest BCUT2D eigenvalue weighted by Crippen LogP contribution is 2.27. The Morgan fingerprint density at radius 1 is 1.21 bits per heavy atom. The summed E-state index contributed by atoms with van der Waals surface area (Å²) < 4.78 is 23.4. The van der Waals surface area contributed by atoms with Crippen LogP contribution in [0.25, 0.3) is 6.08 Å². The number of benzene rings is 2. The SMILES string of the molecule is COC(=O)COc1ccc(/C=C2/NC(=O)N(Cc3ccc(F)cc3)C2=O)cc1Br. The number of halogens is 2. The number of rotatable bonds is 6. The van der Waals surface area contributed by atoms with Crippen LogP contribution in [0.4, 0.5) is 9.18 Å². The second-order valence-electron chi connectivity index (χ2n) is 6.06. The third-order valence-corrected chi connectivity index (χ3v) is 4.68. The van der Waals surface area contributed by atoms with Gasteiger partial charge in [-0.1, -0.05) is 18.2 Å². The van der Waals surface area contributed by atoms with Crippen molar-refractivity contribution in [1.82, 2.24) is 10.2 Å². The van der Waals surface area contributed by atoms with Gasteiger partial charge in [0, 0.05) is 0 Å². The number of amides is 3. The minimum atomic E-state index is -0.553. The molecule has 1 saturated heterocycles. The van der Waals surface area contributed by atoms with Crippen molar-refractivity contribution in [2.75, 3.05) is 13.7 Å². The van der Waals surface area contributed by atoms with Crippen LogP contribution in [0.3, 0.4) is 0 Å². The van der Waals surface area contributed by atoms with Crippen molar-refractivity contribution in [2.24, 2.45) is 0 Å². The summed E-state index contributed by atoms with van der Waals surface area (Å²) in [5, 5.41) is 2.53. The molecule has 0 unspecified atom stereocenters. The van der Waals surface area contributed by atoms with E-state index in [9.17, 15) is 18.8 Å². The molecule has 1 aliphatic rings. The monoisotopic (exact) mass is 462 g/mol. The van der Waals surface area contributed by atoms with Gasteiger partial charge in [-0.15, -0.1) is 0 Å². The number of hydrogen-bond acceptors (Lipinski definition) is 5. The van der Waals surface area contributed by atoms with Crippen molar-refractivity contribution in [1.29, 1.82) is 0 Å². The van der Waals surface area contributed by atoms with Gasteiger partial charge in [-0.05, 0) is 57.4 Å². The molecule has 0 radical (unpaired) electrons. The number of hydrogen-bond donors (Lipinski definition) is 1. The summed E-state index contributed by atoms with van der Waals surface area (Å²) in [6, 6.07) is 9.99. The van der Waals surface area contributed by atoms with E-state index in [0.29, 0.717) is 21.3 Å². The Labute approximate surface area is 174 Å². The lowest BCUT2D eigenvalue weighted by atomic mass is 10.1. The first-order valence-corrected chi connectivity index (χ1v) is 9.25. The van der Waals surface area contributed by atoms with E-state index in [-0.39, 0.29) is 18.8 Å². The lowest BCUT2D eigenvalue weighted by Gasteiger charge is -2.11. The molecule has 0 saturated carbocycles. The Kier molecular flexibility index (Phi) is 6.28. The van der Waals surface area contributed by atoms with Crippen LogP contribution in [0.2, 0.25) is 0 Å². The smallest absolute Gasteiger partial charge is 0.343 e. The maximum absolute atomic E-state index is 13.0. The van der Waals surface area contributed by atoms with Crippen LogP contribution in [0.15, 0.2) is 52.6 Å². The summed E-state index contributed by atoms with van der Waals surface area (Å²) in [6.45, 7) is -0.200. The number of urea groups is 1. The van der Waals surface area contributed by atoms with Crippen molar-refractivity contribution >= 4 is 39.9 Å². The van der Waals surface area contributed by atoms with E-state index in [1.807, 2.05) is 0 Å². The second-order valence-corrected chi connectivity index (χ2v) is 6.91. The predicted octanol–water partition coefficient (Wildman–Crippen LogP) is 3.23. The van der Waals surface area contributed by atoms with Crippen molar-refractivity contribution in [2.45, 2.75) is 6.54 Å². The van der Waals surface area contributed by atoms with Crippen LogP contribution >= 0.6 is 15.9 Å². The Hall–Kier alpha value is -3.20. The number of nitrogens with zero attached hydrogens (tertiary/aromatic N) is 1. The van der Waals surface area contributed by atoms with Crippen molar-refractivity contribution in [3.8, 4) is 5.75 Å². The zero-order chi connectivity index (χ0) is 21.0. The molecule has 1 fully saturated rings. The first kappa shape index (κ1) is 20.5. The van der Waals surface area contributed by atoms with Gasteiger partial charge in [0.2, 0.25) is 0 Å². The fourth-order valence-corrected chi connectivity index (χ4v) is 3.08. The van der Waals surface area contributed by atoms with Gasteiger partial charge in [0.1, 0.15) is 17.3 Å². The van der Waals surface area contributed by atoms with E-state index >= 15 is 0 Å². The van der Waals surface area contributed by atoms with Crippen LogP contribution in [0.5, 0.6) is 5.75 Å². The third kappa shape index (κ3) is 5.00. The topological polar surface area (TPSA) is 84.9 Å². The maximum atomic E-state index is 13.0. The summed E-state index contributed by atoms with van der Waals surface area (Å²) in [7, 11) is 1.27. The molecule has 7 nitrogen and oxygen atoms in total. The molecule has 0 aliphatic carbocycles. The van der Waals surface area contributed by atoms with Crippen LogP contribution in [0.1, 0.15) is 11.1 Å². The molecule has 1 N–H and O–H groups in total. The molecule has 3 rings (SSSR count). The Morgan fingerprint density at radius 2 is 1.93 bits per heavy atom. The Bertz CT molecular complexity index is 991. The average molecular weight is 463 g/mol. The van der Waals surface area contributed by atoms with Gasteiger partial charge in [-0.2, -0.15) is 0 Å². The molecule has 150 valence electrons. The van der Waals surface area contributed by atoms with Gasteiger partial charge < -0.3 is 14.8 Å². The fourth-order valence-electron chi connectivity index (χ4n) is 2.57. The van der Waals surface area contributed by atoms with E-state index in [1.54, 1.807) is 18.2 Å². The number of esters is 1. The van der Waals surface area contributed by atoms with Crippen molar-refractivity contribution in [3.05, 3.63) is 69.6 Å². The number of ether oxygens (including phenoxy) is 2. The number of imide groups is 1. The van der Waals surface area contributed by atoms with Gasteiger partial charge in [-0.25, -0.2) is 14.0 Å². The summed E-state index contributed by atoms with van der Waals surface area (Å²) in [5.41, 5.74) is 1.38. The standard InChI is InChI=1S/C20H16BrFN2O5/c1-28-18(25)11-29-17-7-4-13(8-15(17)21)9-16-19(26)24(20(27)23-16)10-12-2-5-14(22)6-3-12/h2-9H,10-11H2,1H3,(H,23,27)/b16-9+. The zero-order valence-corrected chi connectivity index (χ0v) is 16.9. The highest BCUT2D eigenvalue weighted by Gasteiger charge is 2.33. The summed E-state index contributed by atoms with van der Waals surface area (Å²) >= 11 is 3.34. The summed E-state index contributed by atoms with van der Waals surface area (Å²) in [5.74, 6) is -0.960. The van der Waals surface area contributed by atoms with E-state index < -0.39 is 23.7 Å². The molecule has 0 spiro atoms. The van der Waals surface area contributed by atoms with Gasteiger partial charge in [-0.3, -0.25) is 9.69 Å². The van der Waals surface area contributed by atoms with Crippen LogP contribution in [-0.4, -0.2) is 36.5 Å². The molecule has 3 amide bonds. The molecule has 2 aromatic rings. The van der Waals surface area contributed by atoms with Crippen LogP contribution < -0.4 is 10.1 Å². The lowest BCUT2D eigenvalue weighted by Crippen LogP contribution is -2.30. The zero-order valence-electron chi connectivity index (χ0n) is 15.3. The molecular weight excluding hydrogens is 447 g/mol. The largest absolute Gasteiger partial charge is 0.481 e. The lowest BCUT2D eigenvalue weighted by molar-refractivity contribution is -0.142. The molecule has 1 aliphatic heterocycles. The predicted molar refractivity (Wildman–Crippen MR) is 105 cm³/mol. The van der Waals surface area contributed by atoms with Crippen molar-refractivity contribution in [3.63, 3.8) is 0 Å².